The minimum Gasteiger partial charge on any atom is -0.493 e. The topological polar surface area (TPSA) is 87.0 Å². The molecule has 0 aliphatic heterocycles. The quantitative estimate of drug-likeness (QED) is 0.381. The van der Waals surface area contributed by atoms with Crippen LogP contribution in [0.2, 0.25) is 5.02 Å². The maximum Gasteiger partial charge on any atom is 0.258 e. The molecule has 34 heavy (non-hydrogen) atoms. The Balaban J connectivity index is 1.87. The van der Waals surface area contributed by atoms with Gasteiger partial charge in [-0.1, -0.05) is 41.4 Å². The van der Waals surface area contributed by atoms with Crippen LogP contribution in [-0.2, 0) is 0 Å². The zero-order chi connectivity index (χ0) is 24.4. The fourth-order valence-corrected chi connectivity index (χ4v) is 3.80. The Labute approximate surface area is 200 Å². The van der Waals surface area contributed by atoms with Crippen molar-refractivity contribution in [2.24, 2.45) is 0 Å². The molecule has 1 aromatic heterocycles. The molecule has 0 atom stereocenters. The number of nitrogens with one attached hydrogen (secondary N) is 1. The summed E-state index contributed by atoms with van der Waals surface area (Å²) in [6, 6.07) is 15.1. The maximum absolute atomic E-state index is 13.5. The van der Waals surface area contributed by atoms with E-state index >= 15 is 0 Å². The highest BCUT2D eigenvalue weighted by atomic mass is 35.5. The molecule has 0 saturated heterocycles. The fraction of sp³-hybridized carbons (Fsp3) is 0.154. The molecule has 0 aliphatic rings. The van der Waals surface area contributed by atoms with Crippen LogP contribution in [0.15, 0.2) is 63.8 Å². The Morgan fingerprint density at radius 2 is 1.56 bits per heavy atom. The van der Waals surface area contributed by atoms with Gasteiger partial charge in [-0.05, 0) is 42.8 Å². The summed E-state index contributed by atoms with van der Waals surface area (Å²) in [4.78, 5) is 26.7. The zero-order valence-corrected chi connectivity index (χ0v) is 19.8. The van der Waals surface area contributed by atoms with Gasteiger partial charge in [-0.3, -0.25) is 14.9 Å². The van der Waals surface area contributed by atoms with E-state index in [1.54, 1.807) is 30.3 Å². The van der Waals surface area contributed by atoms with E-state index in [4.69, 9.17) is 30.2 Å². The second kappa shape index (κ2) is 9.49. The molecular formula is C26H22ClNO6. The summed E-state index contributed by atoms with van der Waals surface area (Å²) >= 11 is 6.11. The predicted molar refractivity (Wildman–Crippen MR) is 132 cm³/mol. The molecule has 1 heterocycles. The second-order valence-corrected chi connectivity index (χ2v) is 7.95. The summed E-state index contributed by atoms with van der Waals surface area (Å²) in [6.45, 7) is 1.94. The van der Waals surface area contributed by atoms with Crippen molar-refractivity contribution in [1.29, 1.82) is 0 Å². The Kier molecular flexibility index (Phi) is 6.47. The fourth-order valence-electron chi connectivity index (χ4n) is 3.63. The van der Waals surface area contributed by atoms with Crippen LogP contribution in [0.4, 0.5) is 5.88 Å². The number of anilines is 1. The minimum atomic E-state index is -0.524. The van der Waals surface area contributed by atoms with Crippen molar-refractivity contribution in [3.05, 3.63) is 81.0 Å². The van der Waals surface area contributed by atoms with Crippen molar-refractivity contribution >= 4 is 34.4 Å². The Morgan fingerprint density at radius 1 is 0.912 bits per heavy atom. The van der Waals surface area contributed by atoms with Crippen LogP contribution < -0.4 is 25.0 Å². The lowest BCUT2D eigenvalue weighted by molar-refractivity contribution is 0.102. The first-order valence-corrected chi connectivity index (χ1v) is 10.7. The monoisotopic (exact) mass is 479 g/mol. The average Bonchev–Trinajstić information content (AvgIpc) is 2.84. The zero-order valence-electron chi connectivity index (χ0n) is 19.0. The molecule has 0 bridgehead atoms. The highest BCUT2D eigenvalue weighted by Gasteiger charge is 2.22. The Hall–Kier alpha value is -3.97. The first-order valence-electron chi connectivity index (χ1n) is 10.3. The van der Waals surface area contributed by atoms with Crippen molar-refractivity contribution in [2.75, 3.05) is 26.6 Å². The molecule has 3 aromatic carbocycles. The molecule has 174 valence electrons. The van der Waals surface area contributed by atoms with Gasteiger partial charge in [0, 0.05) is 10.6 Å². The first kappa shape index (κ1) is 23.2. The van der Waals surface area contributed by atoms with Crippen molar-refractivity contribution in [3.63, 3.8) is 0 Å². The molecule has 4 rings (SSSR count). The number of benzene rings is 3. The van der Waals surface area contributed by atoms with E-state index in [0.717, 1.165) is 5.56 Å². The van der Waals surface area contributed by atoms with E-state index in [-0.39, 0.29) is 22.4 Å². The summed E-state index contributed by atoms with van der Waals surface area (Å²) < 4.78 is 22.0. The molecule has 0 fully saturated rings. The lowest BCUT2D eigenvalue weighted by atomic mass is 10.0. The van der Waals surface area contributed by atoms with Gasteiger partial charge in [0.2, 0.25) is 17.1 Å². The summed E-state index contributed by atoms with van der Waals surface area (Å²) in [7, 11) is 4.40. The minimum absolute atomic E-state index is 0.0161. The van der Waals surface area contributed by atoms with Gasteiger partial charge in [0.05, 0.1) is 32.3 Å². The molecule has 0 saturated carbocycles. The van der Waals surface area contributed by atoms with E-state index in [1.165, 1.54) is 33.5 Å². The van der Waals surface area contributed by atoms with Crippen molar-refractivity contribution in [1.82, 2.24) is 0 Å². The van der Waals surface area contributed by atoms with Crippen LogP contribution >= 0.6 is 11.6 Å². The van der Waals surface area contributed by atoms with Gasteiger partial charge in [0.1, 0.15) is 5.58 Å². The first-order chi connectivity index (χ1) is 16.4. The van der Waals surface area contributed by atoms with Gasteiger partial charge in [0.15, 0.2) is 11.5 Å². The van der Waals surface area contributed by atoms with E-state index < -0.39 is 5.91 Å². The third-order valence-corrected chi connectivity index (χ3v) is 5.58. The molecule has 0 radical (unpaired) electrons. The normalized spacial score (nSPS) is 10.7. The lowest BCUT2D eigenvalue weighted by Crippen LogP contribution is -2.17. The highest BCUT2D eigenvalue weighted by Crippen LogP contribution is 2.38. The van der Waals surface area contributed by atoms with Crippen molar-refractivity contribution in [3.8, 4) is 28.4 Å². The van der Waals surface area contributed by atoms with E-state index in [1.807, 2.05) is 19.1 Å². The average molecular weight is 480 g/mol. The molecule has 1 N–H and O–H groups in total. The van der Waals surface area contributed by atoms with Crippen LogP contribution in [0.5, 0.6) is 17.2 Å². The third-order valence-electron chi connectivity index (χ3n) is 5.35. The maximum atomic E-state index is 13.5. The van der Waals surface area contributed by atoms with Crippen LogP contribution in [0.25, 0.3) is 22.1 Å². The second-order valence-electron chi connectivity index (χ2n) is 7.51. The Morgan fingerprint density at radius 3 is 2.15 bits per heavy atom. The van der Waals surface area contributed by atoms with E-state index in [2.05, 4.69) is 5.32 Å². The van der Waals surface area contributed by atoms with Crippen molar-refractivity contribution in [2.45, 2.75) is 6.92 Å². The number of carbonyl (C=O) groups is 1. The molecule has 8 heteroatoms. The van der Waals surface area contributed by atoms with Crippen molar-refractivity contribution < 1.29 is 23.4 Å². The van der Waals surface area contributed by atoms with Gasteiger partial charge < -0.3 is 18.6 Å². The van der Waals surface area contributed by atoms with Gasteiger partial charge in [-0.15, -0.1) is 0 Å². The number of fused-ring (bicyclic) bond motifs is 1. The molecule has 1 amide bonds. The predicted octanol–water partition coefficient (Wildman–Crippen LogP) is 5.70. The number of amides is 1. The summed E-state index contributed by atoms with van der Waals surface area (Å²) in [5.74, 6) is 0.489. The van der Waals surface area contributed by atoms with Crippen LogP contribution in [0.3, 0.4) is 0 Å². The Bertz CT molecular complexity index is 1420. The van der Waals surface area contributed by atoms with Gasteiger partial charge in [-0.2, -0.15) is 0 Å². The number of hydrogen-bond donors (Lipinski definition) is 1. The number of aryl methyl sites for hydroxylation is 1. The molecule has 0 aliphatic carbocycles. The summed E-state index contributed by atoms with van der Waals surface area (Å²) in [5, 5.41) is 3.46. The smallest absolute Gasteiger partial charge is 0.258 e. The van der Waals surface area contributed by atoms with Crippen LogP contribution in [-0.4, -0.2) is 27.2 Å². The number of hydrogen-bond acceptors (Lipinski definition) is 6. The van der Waals surface area contributed by atoms with E-state index in [0.29, 0.717) is 38.8 Å². The molecule has 7 nitrogen and oxygen atoms in total. The largest absolute Gasteiger partial charge is 0.493 e. The number of carbonyl (C=O) groups excluding carboxylic acids is 1. The summed E-state index contributed by atoms with van der Waals surface area (Å²) in [5.41, 5.74) is 2.05. The highest BCUT2D eigenvalue weighted by molar-refractivity contribution is 6.31. The number of ether oxygens (including phenoxy) is 3. The molecular weight excluding hydrogens is 458 g/mol. The standard InChI is InChI=1S/C26H22ClNO6/c1-14-5-7-15(8-6-14)22-23(29)18-13-17(27)9-10-19(18)34-26(22)28-25(30)16-11-20(31-2)24(33-4)21(12-16)32-3/h5-13H,1-4H3,(H,28,30). The van der Waals surface area contributed by atoms with Crippen LogP contribution in [0, 0.1) is 6.92 Å². The molecule has 4 aromatic rings. The number of methoxy groups -OCH3 is 3. The van der Waals surface area contributed by atoms with Gasteiger partial charge in [0.25, 0.3) is 5.91 Å². The molecule has 0 spiro atoms. The van der Waals surface area contributed by atoms with Gasteiger partial charge in [-0.25, -0.2) is 0 Å². The summed E-state index contributed by atoms with van der Waals surface area (Å²) in [6.07, 6.45) is 0. The lowest BCUT2D eigenvalue weighted by Gasteiger charge is -2.15. The third kappa shape index (κ3) is 4.30. The number of halogens is 1. The number of rotatable bonds is 6. The van der Waals surface area contributed by atoms with E-state index in [9.17, 15) is 9.59 Å². The van der Waals surface area contributed by atoms with Crippen LogP contribution in [0.1, 0.15) is 15.9 Å². The van der Waals surface area contributed by atoms with Gasteiger partial charge >= 0.3 is 0 Å². The SMILES string of the molecule is COc1cc(C(=O)Nc2oc3ccc(Cl)cc3c(=O)c2-c2ccc(C)cc2)cc(OC)c1OC. The molecule has 0 unspecified atom stereocenters.